The Balaban J connectivity index is 1.37. The molecule has 0 spiro atoms. The van der Waals surface area contributed by atoms with E-state index in [1.54, 1.807) is 62.4 Å². The van der Waals surface area contributed by atoms with Crippen molar-refractivity contribution in [3.8, 4) is 45.6 Å². The summed E-state index contributed by atoms with van der Waals surface area (Å²) in [6, 6.07) is 13.0. The number of rotatable bonds is 7. The zero-order valence-corrected chi connectivity index (χ0v) is 35.5. The van der Waals surface area contributed by atoms with Crippen molar-refractivity contribution >= 4 is 91.8 Å². The van der Waals surface area contributed by atoms with Gasteiger partial charge in [0.05, 0.1) is 34.9 Å². The summed E-state index contributed by atoms with van der Waals surface area (Å²) in [6.45, 7) is 10.6. The number of nitrogens with one attached hydrogen (secondary N) is 2. The van der Waals surface area contributed by atoms with E-state index in [1.165, 1.54) is 0 Å². The lowest BCUT2D eigenvalue weighted by Crippen LogP contribution is -2.13. The minimum absolute atomic E-state index is 0.0513. The molecule has 62 heavy (non-hydrogen) atoms. The number of halogens is 2. The van der Waals surface area contributed by atoms with Crippen LogP contribution in [0.2, 0.25) is 10.0 Å². The summed E-state index contributed by atoms with van der Waals surface area (Å²) in [5.41, 5.74) is 3.23. The molecule has 2 amide bonds. The highest BCUT2D eigenvalue weighted by molar-refractivity contribution is 6.55. The molecule has 0 saturated heterocycles. The van der Waals surface area contributed by atoms with Gasteiger partial charge in [0.25, 0.3) is 11.8 Å². The lowest BCUT2D eigenvalue weighted by atomic mass is 9.83. The monoisotopic (exact) mass is 872 g/mol. The molecule has 2 aliphatic rings. The Bertz CT molecular complexity index is 2930. The van der Waals surface area contributed by atoms with Crippen molar-refractivity contribution in [2.24, 2.45) is 20.4 Å². The Hall–Kier alpha value is -7.16. The predicted molar refractivity (Wildman–Crippen MR) is 243 cm³/mol. The highest BCUT2D eigenvalue weighted by Gasteiger charge is 2.31. The van der Waals surface area contributed by atoms with Crippen LogP contribution in [-0.2, 0) is 9.59 Å². The van der Waals surface area contributed by atoms with Crippen molar-refractivity contribution in [2.75, 3.05) is 10.6 Å². The van der Waals surface area contributed by atoms with Crippen LogP contribution in [-0.4, -0.2) is 66.3 Å². The van der Waals surface area contributed by atoms with Crippen LogP contribution >= 0.6 is 23.2 Å². The molecule has 14 nitrogen and oxygen atoms in total. The van der Waals surface area contributed by atoms with Crippen molar-refractivity contribution in [1.29, 1.82) is 0 Å². The van der Waals surface area contributed by atoms with Gasteiger partial charge < -0.3 is 41.3 Å². The van der Waals surface area contributed by atoms with Gasteiger partial charge in [-0.1, -0.05) is 63.0 Å². The van der Waals surface area contributed by atoms with E-state index < -0.39 is 46.3 Å². The van der Waals surface area contributed by atoms with Gasteiger partial charge in [0.1, 0.15) is 11.5 Å². The molecule has 0 saturated carbocycles. The number of anilines is 2. The second-order valence-corrected chi connectivity index (χ2v) is 16.6. The number of carbonyl (C=O) groups excluding carboxylic acids is 2. The van der Waals surface area contributed by atoms with Gasteiger partial charge in [0.2, 0.25) is 0 Å². The highest BCUT2D eigenvalue weighted by atomic mass is 35.5. The van der Waals surface area contributed by atoms with Crippen molar-refractivity contribution in [2.45, 2.75) is 53.4 Å². The van der Waals surface area contributed by atoms with Gasteiger partial charge in [0.15, 0.2) is 34.4 Å². The molecule has 6 aromatic rings. The average molecular weight is 874 g/mol. The molecule has 314 valence electrons. The highest BCUT2D eigenvalue weighted by Crippen LogP contribution is 2.54. The van der Waals surface area contributed by atoms with Crippen LogP contribution in [0.25, 0.3) is 32.7 Å². The van der Waals surface area contributed by atoms with E-state index in [1.807, 2.05) is 27.7 Å². The largest absolute Gasteiger partial charge is 0.507 e. The predicted octanol–water partition coefficient (Wildman–Crippen LogP) is 9.61. The number of amides is 2. The molecule has 0 bridgehead atoms. The number of hydrogen-bond donors (Lipinski definition) is 8. The van der Waals surface area contributed by atoms with Crippen LogP contribution in [0.1, 0.15) is 84.0 Å². The summed E-state index contributed by atoms with van der Waals surface area (Å²) in [6.07, 6.45) is 2.22. The molecule has 0 aliphatic carbocycles. The third kappa shape index (κ3) is 6.59. The second kappa shape index (κ2) is 15.4. The molecule has 0 fully saturated rings. The average Bonchev–Trinajstić information content (AvgIpc) is 3.68. The van der Waals surface area contributed by atoms with Crippen LogP contribution in [0.15, 0.2) is 68.9 Å². The fourth-order valence-electron chi connectivity index (χ4n) is 8.36. The summed E-state index contributed by atoms with van der Waals surface area (Å²) < 4.78 is 0. The fourth-order valence-corrected chi connectivity index (χ4v) is 8.71. The van der Waals surface area contributed by atoms with Crippen molar-refractivity contribution in [1.82, 2.24) is 0 Å². The van der Waals surface area contributed by atoms with E-state index in [0.29, 0.717) is 65.6 Å². The smallest absolute Gasteiger partial charge is 0.276 e. The molecular weight excluding hydrogens is 835 g/mol. The summed E-state index contributed by atoms with van der Waals surface area (Å²) in [4.78, 5) is 25.6. The number of benzene rings is 6. The Morgan fingerprint density at radius 3 is 1.27 bits per heavy atom. The molecule has 2 heterocycles. The first-order chi connectivity index (χ1) is 29.4. The second-order valence-electron chi connectivity index (χ2n) is 15.7. The molecule has 0 radical (unpaired) electrons. The van der Waals surface area contributed by atoms with Gasteiger partial charge in [0, 0.05) is 54.2 Å². The topological polar surface area (TPSA) is 229 Å². The Labute approximate surface area is 363 Å². The first kappa shape index (κ1) is 41.6. The number of fused-ring (bicyclic) bond motifs is 4. The van der Waals surface area contributed by atoms with Crippen LogP contribution in [0, 0.1) is 13.8 Å². The summed E-state index contributed by atoms with van der Waals surface area (Å²) in [5.74, 6) is -4.70. The van der Waals surface area contributed by atoms with Gasteiger partial charge in [-0.2, -0.15) is 10.2 Å². The van der Waals surface area contributed by atoms with Gasteiger partial charge in [-0.25, -0.2) is 0 Å². The number of aromatic hydroxyl groups is 6. The third-order valence-corrected chi connectivity index (χ3v) is 11.5. The first-order valence-corrected chi connectivity index (χ1v) is 20.1. The summed E-state index contributed by atoms with van der Waals surface area (Å²) in [5, 5.41) is 94.2. The number of phenolic OH excluding ortho intramolecular Hbond substituents is 6. The van der Waals surface area contributed by atoms with Crippen molar-refractivity contribution < 1.29 is 40.2 Å². The van der Waals surface area contributed by atoms with Crippen molar-refractivity contribution in [3.05, 3.63) is 103 Å². The van der Waals surface area contributed by atoms with Gasteiger partial charge in [-0.15, -0.1) is 10.2 Å². The Kier molecular flexibility index (Phi) is 10.3. The standard InChI is InChI=1S/C46H38Cl2N6O8/c1-17(2)31-25-11-19(5)33(41(57)35(25)27(39(55)43(31)59)15-49-53-37-23-13-21(47)7-9-29(23)51-45(37)61)34-20(6)12-26-32(18(3)4)44(60)40(56)28(36(26)42(34)58)16-50-54-38-24-14-22(48)8-10-30(24)52-46(38)62/h7-18,55-60H,1-6H3,(H,51,53,61)(H,52,54,62)/b49-15+,50-16+. The molecule has 0 aromatic heterocycles. The molecule has 0 unspecified atom stereocenters. The Morgan fingerprint density at radius 1 is 0.548 bits per heavy atom. The quantitative estimate of drug-likeness (QED) is 0.0436. The van der Waals surface area contributed by atoms with Crippen molar-refractivity contribution in [3.63, 3.8) is 0 Å². The number of phenols is 6. The maximum absolute atomic E-state index is 12.8. The van der Waals surface area contributed by atoms with Gasteiger partial charge in [-0.05, 0) is 84.0 Å². The van der Waals surface area contributed by atoms with Crippen LogP contribution < -0.4 is 10.6 Å². The van der Waals surface area contributed by atoms with E-state index in [9.17, 15) is 40.2 Å². The lowest BCUT2D eigenvalue weighted by Gasteiger charge is -2.23. The van der Waals surface area contributed by atoms with Crippen LogP contribution in [0.4, 0.5) is 11.4 Å². The molecular formula is C46H38Cl2N6O8. The maximum atomic E-state index is 12.8. The molecule has 2 aliphatic heterocycles. The normalized spacial score (nSPS) is 15.1. The number of nitrogens with zero attached hydrogens (tertiary/aromatic N) is 4. The van der Waals surface area contributed by atoms with E-state index >= 15 is 0 Å². The van der Waals surface area contributed by atoms with E-state index in [-0.39, 0.29) is 56.3 Å². The molecule has 6 aromatic carbocycles. The fraction of sp³-hybridized carbons (Fsp3) is 0.174. The van der Waals surface area contributed by atoms with Gasteiger partial charge >= 0.3 is 0 Å². The first-order valence-electron chi connectivity index (χ1n) is 19.3. The van der Waals surface area contributed by atoms with Crippen LogP contribution in [0.3, 0.4) is 0 Å². The third-order valence-electron chi connectivity index (χ3n) is 11.1. The maximum Gasteiger partial charge on any atom is 0.276 e. The van der Waals surface area contributed by atoms with E-state index in [4.69, 9.17) is 23.2 Å². The zero-order chi connectivity index (χ0) is 44.6. The lowest BCUT2D eigenvalue weighted by molar-refractivity contribution is -0.110. The minimum Gasteiger partial charge on any atom is -0.507 e. The van der Waals surface area contributed by atoms with Crippen LogP contribution in [0.5, 0.6) is 34.5 Å². The van der Waals surface area contributed by atoms with E-state index in [0.717, 1.165) is 12.4 Å². The molecule has 8 N–H and O–H groups in total. The zero-order valence-electron chi connectivity index (χ0n) is 34.0. The molecule has 8 rings (SSSR count). The minimum atomic E-state index is -0.614. The number of aryl methyl sites for hydroxylation is 2. The summed E-state index contributed by atoms with van der Waals surface area (Å²) >= 11 is 12.4. The molecule has 16 heteroatoms. The molecule has 0 atom stereocenters. The van der Waals surface area contributed by atoms with E-state index in [2.05, 4.69) is 31.0 Å². The summed E-state index contributed by atoms with van der Waals surface area (Å²) in [7, 11) is 0. The number of hydrogen-bond acceptors (Lipinski definition) is 12. The Morgan fingerprint density at radius 2 is 0.919 bits per heavy atom. The number of carbonyl (C=O) groups is 2. The SMILES string of the molecule is Cc1cc2c(C(C)C)c(O)c(O)c(/C=N/N=C3\C(=O)Nc4ccc(Cl)cc43)c2c(O)c1-c1c(C)cc2c(C(C)C)c(O)c(O)c(/C=N/N=C3/C(=O)Nc4ccc(Cl)cc43)c2c1O. The van der Waals surface area contributed by atoms with Gasteiger partial charge in [-0.3, -0.25) is 9.59 Å².